The van der Waals surface area contributed by atoms with Crippen molar-refractivity contribution < 1.29 is 4.74 Å². The number of ether oxygens (including phenoxy) is 1. The molecule has 1 aromatic rings. The fraction of sp³-hybridized carbons (Fsp3) is 0.600. The molecule has 3 atom stereocenters. The molecule has 0 spiro atoms. The van der Waals surface area contributed by atoms with E-state index in [1.807, 2.05) is 0 Å². The van der Waals surface area contributed by atoms with E-state index in [2.05, 4.69) is 43.5 Å². The van der Waals surface area contributed by atoms with E-state index in [1.165, 1.54) is 11.1 Å². The molecule has 1 fully saturated rings. The van der Waals surface area contributed by atoms with Crippen LogP contribution < -0.4 is 11.3 Å². The van der Waals surface area contributed by atoms with Gasteiger partial charge < -0.3 is 4.74 Å². The van der Waals surface area contributed by atoms with E-state index < -0.39 is 0 Å². The van der Waals surface area contributed by atoms with Gasteiger partial charge in [0.25, 0.3) is 0 Å². The molecule has 3 unspecified atom stereocenters. The molecule has 0 radical (unpaired) electrons. The van der Waals surface area contributed by atoms with Gasteiger partial charge in [-0.3, -0.25) is 11.3 Å². The first-order valence-electron chi connectivity index (χ1n) is 6.88. The maximum absolute atomic E-state index is 5.76. The Hall–Kier alpha value is -0.900. The monoisotopic (exact) mass is 248 g/mol. The second-order valence-electron chi connectivity index (χ2n) is 5.23. The number of hydrogen-bond acceptors (Lipinski definition) is 3. The first kappa shape index (κ1) is 13.5. The van der Waals surface area contributed by atoms with E-state index in [-0.39, 0.29) is 0 Å². The van der Waals surface area contributed by atoms with Crippen LogP contribution in [0.2, 0.25) is 0 Å². The number of aryl methyl sites for hydroxylation is 1. The van der Waals surface area contributed by atoms with Gasteiger partial charge in [0.15, 0.2) is 0 Å². The highest BCUT2D eigenvalue weighted by Crippen LogP contribution is 2.27. The fourth-order valence-electron chi connectivity index (χ4n) is 2.86. The minimum absolute atomic E-state index is 0.306. The second kappa shape index (κ2) is 6.32. The molecule has 1 aliphatic rings. The molecule has 3 N–H and O–H groups in total. The summed E-state index contributed by atoms with van der Waals surface area (Å²) >= 11 is 0. The zero-order valence-corrected chi connectivity index (χ0v) is 11.4. The summed E-state index contributed by atoms with van der Waals surface area (Å²) in [5.41, 5.74) is 5.63. The summed E-state index contributed by atoms with van der Waals surface area (Å²) in [5, 5.41) is 0. The van der Waals surface area contributed by atoms with Crippen LogP contribution in [-0.2, 0) is 11.2 Å². The molecule has 1 saturated heterocycles. The minimum atomic E-state index is 0.306. The molecular weight excluding hydrogens is 224 g/mol. The van der Waals surface area contributed by atoms with Crippen LogP contribution in [0.4, 0.5) is 0 Å². The SMILES string of the molecule is CCC1OCCC1C(Cc1ccc(C)cc1)NN. The highest BCUT2D eigenvalue weighted by molar-refractivity contribution is 5.22. The standard InChI is InChI=1S/C15H24N2O/c1-3-15-13(8-9-18-15)14(17-16)10-12-6-4-11(2)5-7-12/h4-7,13-15,17H,3,8-10,16H2,1-2H3. The molecule has 0 aliphatic carbocycles. The zero-order chi connectivity index (χ0) is 13.0. The van der Waals surface area contributed by atoms with Crippen molar-refractivity contribution in [3.8, 4) is 0 Å². The lowest BCUT2D eigenvalue weighted by molar-refractivity contribution is 0.0775. The lowest BCUT2D eigenvalue weighted by Gasteiger charge is -2.26. The summed E-state index contributed by atoms with van der Waals surface area (Å²) < 4.78 is 5.76. The van der Waals surface area contributed by atoms with E-state index in [0.29, 0.717) is 18.1 Å². The van der Waals surface area contributed by atoms with Crippen molar-refractivity contribution in [1.82, 2.24) is 5.43 Å². The molecule has 0 bridgehead atoms. The maximum Gasteiger partial charge on any atom is 0.0617 e. The summed E-state index contributed by atoms with van der Waals surface area (Å²) in [4.78, 5) is 0. The Labute approximate surface area is 110 Å². The molecular formula is C15H24N2O. The van der Waals surface area contributed by atoms with Gasteiger partial charge in [-0.1, -0.05) is 36.8 Å². The summed E-state index contributed by atoms with van der Waals surface area (Å²) in [6.07, 6.45) is 3.51. The molecule has 0 saturated carbocycles. The van der Waals surface area contributed by atoms with Gasteiger partial charge in [-0.2, -0.15) is 0 Å². The van der Waals surface area contributed by atoms with Crippen LogP contribution in [0.15, 0.2) is 24.3 Å². The van der Waals surface area contributed by atoms with Crippen molar-refractivity contribution in [2.45, 2.75) is 45.3 Å². The highest BCUT2D eigenvalue weighted by atomic mass is 16.5. The van der Waals surface area contributed by atoms with Crippen LogP contribution in [0.1, 0.15) is 30.9 Å². The molecule has 0 aromatic heterocycles. The number of rotatable bonds is 5. The predicted molar refractivity (Wildman–Crippen MR) is 74.1 cm³/mol. The van der Waals surface area contributed by atoms with Crippen molar-refractivity contribution in [1.29, 1.82) is 0 Å². The largest absolute Gasteiger partial charge is 0.378 e. The molecule has 100 valence electrons. The predicted octanol–water partition coefficient (Wildman–Crippen LogP) is 2.18. The lowest BCUT2D eigenvalue weighted by Crippen LogP contribution is -2.45. The van der Waals surface area contributed by atoms with Gasteiger partial charge in [0.1, 0.15) is 0 Å². The highest BCUT2D eigenvalue weighted by Gasteiger charge is 2.33. The number of hydrogen-bond donors (Lipinski definition) is 2. The normalized spacial score (nSPS) is 25.3. The second-order valence-corrected chi connectivity index (χ2v) is 5.23. The Morgan fingerprint density at radius 3 is 2.72 bits per heavy atom. The summed E-state index contributed by atoms with van der Waals surface area (Å²) in [5.74, 6) is 6.27. The number of nitrogens with two attached hydrogens (primary N) is 1. The maximum atomic E-state index is 5.76. The van der Waals surface area contributed by atoms with Crippen LogP contribution in [-0.4, -0.2) is 18.8 Å². The lowest BCUT2D eigenvalue weighted by atomic mass is 9.87. The van der Waals surface area contributed by atoms with Crippen molar-refractivity contribution in [3.63, 3.8) is 0 Å². The Bertz CT molecular complexity index is 363. The van der Waals surface area contributed by atoms with Gasteiger partial charge in [0.2, 0.25) is 0 Å². The van der Waals surface area contributed by atoms with Gasteiger partial charge in [-0.15, -0.1) is 0 Å². The van der Waals surface area contributed by atoms with Gasteiger partial charge in [0.05, 0.1) is 6.10 Å². The Kier molecular flexibility index (Phi) is 4.75. The average Bonchev–Trinajstić information content (AvgIpc) is 2.86. The van der Waals surface area contributed by atoms with Gasteiger partial charge in [0, 0.05) is 18.6 Å². The Morgan fingerprint density at radius 2 is 2.11 bits per heavy atom. The Balaban J connectivity index is 2.02. The van der Waals surface area contributed by atoms with E-state index >= 15 is 0 Å². The smallest absolute Gasteiger partial charge is 0.0617 e. The zero-order valence-electron chi connectivity index (χ0n) is 11.4. The van der Waals surface area contributed by atoms with Crippen molar-refractivity contribution >= 4 is 0 Å². The molecule has 1 heterocycles. The van der Waals surface area contributed by atoms with Gasteiger partial charge >= 0.3 is 0 Å². The topological polar surface area (TPSA) is 47.3 Å². The minimum Gasteiger partial charge on any atom is -0.378 e. The third-order valence-corrected chi connectivity index (χ3v) is 3.97. The Morgan fingerprint density at radius 1 is 1.39 bits per heavy atom. The van der Waals surface area contributed by atoms with Crippen LogP contribution in [0.25, 0.3) is 0 Å². The molecule has 1 aliphatic heterocycles. The van der Waals surface area contributed by atoms with E-state index in [1.54, 1.807) is 0 Å². The van der Waals surface area contributed by atoms with Crippen LogP contribution in [0.5, 0.6) is 0 Å². The van der Waals surface area contributed by atoms with E-state index in [4.69, 9.17) is 10.6 Å². The third kappa shape index (κ3) is 3.10. The summed E-state index contributed by atoms with van der Waals surface area (Å²) in [7, 11) is 0. The van der Waals surface area contributed by atoms with Gasteiger partial charge in [-0.25, -0.2) is 0 Å². The van der Waals surface area contributed by atoms with Crippen molar-refractivity contribution in [2.24, 2.45) is 11.8 Å². The van der Waals surface area contributed by atoms with E-state index in [9.17, 15) is 0 Å². The molecule has 3 nitrogen and oxygen atoms in total. The van der Waals surface area contributed by atoms with Crippen molar-refractivity contribution in [2.75, 3.05) is 6.61 Å². The molecule has 1 aromatic carbocycles. The first-order valence-corrected chi connectivity index (χ1v) is 6.88. The number of benzene rings is 1. The van der Waals surface area contributed by atoms with E-state index in [0.717, 1.165) is 25.9 Å². The first-order chi connectivity index (χ1) is 8.74. The van der Waals surface area contributed by atoms with Crippen LogP contribution in [0, 0.1) is 12.8 Å². The fourth-order valence-corrected chi connectivity index (χ4v) is 2.86. The van der Waals surface area contributed by atoms with Crippen molar-refractivity contribution in [3.05, 3.63) is 35.4 Å². The molecule has 3 heteroatoms. The van der Waals surface area contributed by atoms with Gasteiger partial charge in [-0.05, 0) is 31.7 Å². The number of hydrazine groups is 1. The van der Waals surface area contributed by atoms with Crippen LogP contribution in [0.3, 0.4) is 0 Å². The number of nitrogens with one attached hydrogen (secondary N) is 1. The average molecular weight is 248 g/mol. The summed E-state index contributed by atoms with van der Waals surface area (Å²) in [6.45, 7) is 5.16. The quantitative estimate of drug-likeness (QED) is 0.620. The van der Waals surface area contributed by atoms with Crippen LogP contribution >= 0.6 is 0 Å². The summed E-state index contributed by atoms with van der Waals surface area (Å²) in [6, 6.07) is 9.00. The molecule has 18 heavy (non-hydrogen) atoms. The molecule has 0 amide bonds. The molecule has 2 rings (SSSR count). The third-order valence-electron chi connectivity index (χ3n) is 3.97.